The molecule has 24 heavy (non-hydrogen) atoms. The van der Waals surface area contributed by atoms with Crippen molar-refractivity contribution in [3.8, 4) is 5.75 Å². The first-order valence-electron chi connectivity index (χ1n) is 9.50. The predicted molar refractivity (Wildman–Crippen MR) is 101 cm³/mol. The first kappa shape index (κ1) is 19.3. The Labute approximate surface area is 148 Å². The van der Waals surface area contributed by atoms with Gasteiger partial charge in [-0.05, 0) is 23.0 Å². The minimum Gasteiger partial charge on any atom is -0.507 e. The molecule has 1 heterocycles. The standard InChI is InChI=1S/C21H36N2O/c1-20(2,3)17-13-16(14-18(19(17)24)21(4,5)6)15-23-10-8-9-22(7)11-12-23/h13-14,24H,8-12,15H2,1-7H3/p+2. The summed E-state index contributed by atoms with van der Waals surface area (Å²) in [6.45, 7) is 19.3. The zero-order chi connectivity index (χ0) is 18.1. The smallest absolute Gasteiger partial charge is 0.127 e. The summed E-state index contributed by atoms with van der Waals surface area (Å²) in [6.07, 6.45) is 1.30. The van der Waals surface area contributed by atoms with Gasteiger partial charge in [0, 0.05) is 23.1 Å². The molecule has 2 unspecified atom stereocenters. The van der Waals surface area contributed by atoms with Crippen molar-refractivity contribution in [2.45, 2.75) is 65.3 Å². The lowest BCUT2D eigenvalue weighted by molar-refractivity contribution is -0.938. The number of quaternary nitrogens is 2. The van der Waals surface area contributed by atoms with Crippen LogP contribution in [0.1, 0.15) is 64.7 Å². The van der Waals surface area contributed by atoms with Crippen molar-refractivity contribution < 1.29 is 14.9 Å². The van der Waals surface area contributed by atoms with Crippen LogP contribution in [0, 0.1) is 0 Å². The fourth-order valence-electron chi connectivity index (χ4n) is 3.69. The van der Waals surface area contributed by atoms with Crippen LogP contribution >= 0.6 is 0 Å². The highest BCUT2D eigenvalue weighted by Crippen LogP contribution is 2.39. The Morgan fingerprint density at radius 3 is 1.92 bits per heavy atom. The summed E-state index contributed by atoms with van der Waals surface area (Å²) in [5, 5.41) is 10.9. The molecule has 0 radical (unpaired) electrons. The van der Waals surface area contributed by atoms with Gasteiger partial charge in [-0.15, -0.1) is 0 Å². The first-order chi connectivity index (χ1) is 11.0. The van der Waals surface area contributed by atoms with E-state index in [9.17, 15) is 5.11 Å². The van der Waals surface area contributed by atoms with E-state index in [0.29, 0.717) is 5.75 Å². The molecule has 3 N–H and O–H groups in total. The molecular formula is C21H38N2O+2. The van der Waals surface area contributed by atoms with Crippen LogP contribution in [0.25, 0.3) is 0 Å². The van der Waals surface area contributed by atoms with Crippen molar-refractivity contribution >= 4 is 0 Å². The Hall–Kier alpha value is -1.06. The lowest BCUT2D eigenvalue weighted by atomic mass is 9.78. The lowest BCUT2D eigenvalue weighted by Gasteiger charge is -2.28. The fourth-order valence-corrected chi connectivity index (χ4v) is 3.69. The van der Waals surface area contributed by atoms with Crippen molar-refractivity contribution in [3.05, 3.63) is 28.8 Å². The highest BCUT2D eigenvalue weighted by Gasteiger charge is 2.27. The Morgan fingerprint density at radius 2 is 1.42 bits per heavy atom. The van der Waals surface area contributed by atoms with Crippen molar-refractivity contribution in [2.75, 3.05) is 33.2 Å². The maximum absolute atomic E-state index is 10.9. The van der Waals surface area contributed by atoms with Crippen molar-refractivity contribution in [3.63, 3.8) is 0 Å². The van der Waals surface area contributed by atoms with Crippen LogP contribution in [-0.2, 0) is 17.4 Å². The lowest BCUT2D eigenvalue weighted by Crippen LogP contribution is -3.15. The van der Waals surface area contributed by atoms with E-state index in [0.717, 1.165) is 17.7 Å². The molecule has 3 nitrogen and oxygen atoms in total. The maximum atomic E-state index is 10.9. The second kappa shape index (κ2) is 7.05. The molecule has 2 rings (SSSR count). The average molecular weight is 335 g/mol. The molecule has 1 fully saturated rings. The highest BCUT2D eigenvalue weighted by atomic mass is 16.3. The first-order valence-corrected chi connectivity index (χ1v) is 9.50. The van der Waals surface area contributed by atoms with E-state index in [1.54, 1.807) is 9.80 Å². The normalized spacial score (nSPS) is 23.1. The van der Waals surface area contributed by atoms with Gasteiger partial charge in [-0.25, -0.2) is 0 Å². The minimum absolute atomic E-state index is 0.0431. The quantitative estimate of drug-likeness (QED) is 0.747. The number of hydrogen-bond acceptors (Lipinski definition) is 1. The number of phenolic OH excluding ortho intramolecular Hbond substituents is 1. The summed E-state index contributed by atoms with van der Waals surface area (Å²) in [6, 6.07) is 4.50. The Kier molecular flexibility index (Phi) is 5.66. The number of phenols is 1. The van der Waals surface area contributed by atoms with Crippen LogP contribution in [0.5, 0.6) is 5.75 Å². The molecule has 0 spiro atoms. The number of rotatable bonds is 2. The van der Waals surface area contributed by atoms with E-state index < -0.39 is 0 Å². The topological polar surface area (TPSA) is 29.1 Å². The largest absolute Gasteiger partial charge is 0.507 e. The number of nitrogens with one attached hydrogen (secondary N) is 2. The molecule has 136 valence electrons. The van der Waals surface area contributed by atoms with E-state index in [2.05, 4.69) is 60.7 Å². The monoisotopic (exact) mass is 334 g/mol. The van der Waals surface area contributed by atoms with E-state index in [1.165, 1.54) is 38.2 Å². The summed E-state index contributed by atoms with van der Waals surface area (Å²) in [5.41, 5.74) is 3.46. The van der Waals surface area contributed by atoms with E-state index in [-0.39, 0.29) is 10.8 Å². The third kappa shape index (κ3) is 4.73. The van der Waals surface area contributed by atoms with Gasteiger partial charge < -0.3 is 14.9 Å². The zero-order valence-corrected chi connectivity index (χ0v) is 16.8. The van der Waals surface area contributed by atoms with Gasteiger partial charge in [0.25, 0.3) is 0 Å². The van der Waals surface area contributed by atoms with Gasteiger partial charge in [-0.3, -0.25) is 0 Å². The molecule has 1 aromatic carbocycles. The second-order valence-electron chi connectivity index (χ2n) is 9.78. The van der Waals surface area contributed by atoms with Gasteiger partial charge in [0.15, 0.2) is 0 Å². The molecule has 0 aromatic heterocycles. The van der Waals surface area contributed by atoms with Gasteiger partial charge >= 0.3 is 0 Å². The predicted octanol–water partition coefficient (Wildman–Crippen LogP) is 1.29. The number of likely N-dealkylation sites (N-methyl/N-ethyl adjacent to an activating group) is 1. The van der Waals surface area contributed by atoms with Crippen LogP contribution in [0.3, 0.4) is 0 Å². The number of aromatic hydroxyl groups is 1. The molecule has 1 aliphatic heterocycles. The molecule has 1 saturated heterocycles. The van der Waals surface area contributed by atoms with Gasteiger partial charge in [0.2, 0.25) is 0 Å². The molecule has 0 bridgehead atoms. The molecule has 1 aromatic rings. The van der Waals surface area contributed by atoms with Gasteiger partial charge in [0.05, 0.1) is 20.1 Å². The number of benzene rings is 1. The summed E-state index contributed by atoms with van der Waals surface area (Å²) in [7, 11) is 2.30. The van der Waals surface area contributed by atoms with E-state index in [4.69, 9.17) is 0 Å². The molecule has 2 atom stereocenters. The van der Waals surface area contributed by atoms with Crippen LogP contribution in [-0.4, -0.2) is 38.3 Å². The summed E-state index contributed by atoms with van der Waals surface area (Å²) < 4.78 is 0. The Balaban J connectivity index is 2.36. The van der Waals surface area contributed by atoms with Crippen LogP contribution in [0.2, 0.25) is 0 Å². The summed E-state index contributed by atoms with van der Waals surface area (Å²) in [5.74, 6) is 0.494. The van der Waals surface area contributed by atoms with Gasteiger partial charge in [0.1, 0.15) is 25.4 Å². The third-order valence-electron chi connectivity index (χ3n) is 5.28. The third-order valence-corrected chi connectivity index (χ3v) is 5.28. The Bertz CT molecular complexity index is 531. The van der Waals surface area contributed by atoms with Gasteiger partial charge in [-0.2, -0.15) is 0 Å². The molecule has 0 amide bonds. The zero-order valence-electron chi connectivity index (χ0n) is 16.8. The van der Waals surface area contributed by atoms with E-state index in [1.807, 2.05) is 0 Å². The molecule has 0 aliphatic carbocycles. The summed E-state index contributed by atoms with van der Waals surface area (Å²) >= 11 is 0. The van der Waals surface area contributed by atoms with Crippen LogP contribution < -0.4 is 9.80 Å². The maximum Gasteiger partial charge on any atom is 0.127 e. The highest BCUT2D eigenvalue weighted by molar-refractivity contribution is 5.49. The number of hydrogen-bond donors (Lipinski definition) is 3. The second-order valence-corrected chi connectivity index (χ2v) is 9.78. The fraction of sp³-hybridized carbons (Fsp3) is 0.714. The molecule has 1 aliphatic rings. The van der Waals surface area contributed by atoms with Crippen molar-refractivity contribution in [2.24, 2.45) is 0 Å². The van der Waals surface area contributed by atoms with E-state index >= 15 is 0 Å². The van der Waals surface area contributed by atoms with Crippen LogP contribution in [0.15, 0.2) is 12.1 Å². The SMILES string of the molecule is C[NH+]1CCC[NH+](Cc2cc(C(C)(C)C)c(O)c(C(C)(C)C)c2)CC1. The average Bonchev–Trinajstić information content (AvgIpc) is 2.63. The minimum atomic E-state index is -0.0431. The molecule has 3 heteroatoms. The van der Waals surface area contributed by atoms with Crippen LogP contribution in [0.4, 0.5) is 0 Å². The van der Waals surface area contributed by atoms with Crippen molar-refractivity contribution in [1.29, 1.82) is 0 Å². The Morgan fingerprint density at radius 1 is 0.875 bits per heavy atom. The molecular weight excluding hydrogens is 296 g/mol. The van der Waals surface area contributed by atoms with Crippen molar-refractivity contribution in [1.82, 2.24) is 0 Å². The molecule has 0 saturated carbocycles. The van der Waals surface area contributed by atoms with Gasteiger partial charge in [-0.1, -0.05) is 41.5 Å². The summed E-state index contributed by atoms with van der Waals surface area (Å²) in [4.78, 5) is 3.33.